The fraction of sp³-hybridized carbons (Fsp3) is 0.357. The zero-order valence-electron chi connectivity index (χ0n) is 41.6. The minimum Gasteiger partial charge on any atom is -0.492 e. The molecule has 3 aliphatic rings. The first-order chi connectivity index (χ1) is 35.4. The molecule has 3 aliphatic heterocycles. The number of hydrogen-bond acceptors (Lipinski definition) is 12. The van der Waals surface area contributed by atoms with Crippen LogP contribution in [0.25, 0.3) is 32.7 Å². The van der Waals surface area contributed by atoms with Gasteiger partial charge in [0.15, 0.2) is 0 Å². The van der Waals surface area contributed by atoms with E-state index in [1.807, 2.05) is 105 Å². The molecule has 3 amide bonds. The Hall–Kier alpha value is -6.69. The first-order valence-corrected chi connectivity index (χ1v) is 26.3. The van der Waals surface area contributed by atoms with Gasteiger partial charge in [0.05, 0.1) is 22.2 Å². The van der Waals surface area contributed by atoms with Crippen LogP contribution in [0.3, 0.4) is 0 Å². The van der Waals surface area contributed by atoms with Crippen LogP contribution in [0.15, 0.2) is 109 Å². The molecule has 6 heterocycles. The van der Waals surface area contributed by atoms with Crippen LogP contribution in [0.1, 0.15) is 58.6 Å². The molecule has 378 valence electrons. The fourth-order valence-corrected chi connectivity index (χ4v) is 11.3. The Morgan fingerprint density at radius 1 is 0.945 bits per heavy atom. The van der Waals surface area contributed by atoms with Crippen LogP contribution in [0.2, 0.25) is 5.02 Å². The second kappa shape index (κ2) is 21.8. The third kappa shape index (κ3) is 11.0. The summed E-state index contributed by atoms with van der Waals surface area (Å²) in [6, 6.07) is 30.4. The van der Waals surface area contributed by atoms with E-state index in [9.17, 15) is 19.5 Å². The van der Waals surface area contributed by atoms with Crippen LogP contribution < -0.4 is 15.0 Å². The summed E-state index contributed by atoms with van der Waals surface area (Å²) in [6.45, 7) is 12.7. The number of fused-ring (bicyclic) bond motifs is 2. The first-order valence-electron chi connectivity index (χ1n) is 25.0. The standard InChI is InChI=1S/C56H61ClN10O5S/c1-35(2)50(67-32-41-9-5-7-11-45(41)54(67)70)55(71)66-33-44(68)27-48(66)53(69)58-28-40-18-17-39(51-36(3)60-34-73-51)26-49(40)72-24-23-64-19-21-65(22-20-64)30-37-13-15-38(16-14-37)47-25-43-29-59-56(62-52(43)61-47)63(4)31-42-10-6-8-12-46(42)57/h5-18,25-26,29,34-35,44,48,50,68H,19-24,27-28,30-33H2,1-4H3,(H,58,69)(H,59,61,62)/t44-,48+,50+/m1/s1. The number of H-pyrrole nitrogens is 1. The van der Waals surface area contributed by atoms with Crippen molar-refractivity contribution in [2.45, 2.75) is 71.6 Å². The van der Waals surface area contributed by atoms with Crippen LogP contribution in [-0.2, 0) is 35.8 Å². The van der Waals surface area contributed by atoms with E-state index in [1.165, 1.54) is 10.5 Å². The minimum atomic E-state index is -0.888. The van der Waals surface area contributed by atoms with Gasteiger partial charge in [0.2, 0.25) is 17.8 Å². The molecule has 15 nitrogen and oxygen atoms in total. The average molecular weight is 1020 g/mol. The lowest BCUT2D eigenvalue weighted by Gasteiger charge is -2.35. The number of ether oxygens (including phenoxy) is 1. The highest BCUT2D eigenvalue weighted by Crippen LogP contribution is 2.34. The largest absolute Gasteiger partial charge is 0.492 e. The number of likely N-dealkylation sites (tertiary alicyclic amines) is 1. The van der Waals surface area contributed by atoms with Crippen LogP contribution in [0.4, 0.5) is 5.95 Å². The molecule has 2 saturated heterocycles. The predicted octanol–water partition coefficient (Wildman–Crippen LogP) is 7.80. The number of nitrogens with zero attached hydrogens (tertiary/aromatic N) is 8. The van der Waals surface area contributed by atoms with Crippen molar-refractivity contribution in [3.8, 4) is 27.4 Å². The Morgan fingerprint density at radius 3 is 2.45 bits per heavy atom. The van der Waals surface area contributed by atoms with Crippen molar-refractivity contribution < 1.29 is 24.2 Å². The minimum absolute atomic E-state index is 0.0182. The van der Waals surface area contributed by atoms with Gasteiger partial charge in [-0.05, 0) is 64.9 Å². The number of aryl methyl sites for hydroxylation is 1. The van der Waals surface area contributed by atoms with E-state index in [-0.39, 0.29) is 43.1 Å². The van der Waals surface area contributed by atoms with E-state index in [0.29, 0.717) is 37.0 Å². The SMILES string of the molecule is Cc1ncsc1-c1ccc(CNC(=O)[C@@H]2C[C@@H](O)CN2C(=O)[C@H](C(C)C)N2Cc3ccccc3C2=O)c(OCCN2CCN(Cc3ccc(-c4cc5cnc(N(C)Cc6ccccc6Cl)nc5[nH]4)cc3)CC2)c1. The number of β-amino-alcohol motifs (C(OH)–C–C–N with tert-alkyl or cyclic N) is 1. The highest BCUT2D eigenvalue weighted by Gasteiger charge is 2.46. The van der Waals surface area contributed by atoms with Crippen molar-refractivity contribution in [2.75, 3.05) is 57.8 Å². The molecule has 4 aromatic carbocycles. The van der Waals surface area contributed by atoms with E-state index in [1.54, 1.807) is 22.3 Å². The van der Waals surface area contributed by atoms with E-state index >= 15 is 0 Å². The number of rotatable bonds is 17. The number of nitrogens with one attached hydrogen (secondary N) is 2. The van der Waals surface area contributed by atoms with Crippen molar-refractivity contribution in [1.29, 1.82) is 0 Å². The van der Waals surface area contributed by atoms with Crippen LogP contribution in [0.5, 0.6) is 5.75 Å². The summed E-state index contributed by atoms with van der Waals surface area (Å²) in [7, 11) is 1.96. The van der Waals surface area contributed by atoms with Gasteiger partial charge >= 0.3 is 0 Å². The molecule has 17 heteroatoms. The number of aliphatic hydroxyl groups is 1. The third-order valence-corrected chi connectivity index (χ3v) is 15.7. The zero-order chi connectivity index (χ0) is 50.8. The predicted molar refractivity (Wildman–Crippen MR) is 285 cm³/mol. The van der Waals surface area contributed by atoms with Crippen molar-refractivity contribution in [1.82, 2.24) is 44.9 Å². The van der Waals surface area contributed by atoms with Crippen molar-refractivity contribution in [3.05, 3.63) is 147 Å². The number of aromatic nitrogens is 4. The normalized spacial score (nSPS) is 17.7. The van der Waals surface area contributed by atoms with Gasteiger partial charge in [-0.3, -0.25) is 24.2 Å². The van der Waals surface area contributed by atoms with Gasteiger partial charge < -0.3 is 34.8 Å². The molecule has 0 aliphatic carbocycles. The molecular formula is C56H61ClN10O5S. The fourth-order valence-electron chi connectivity index (χ4n) is 10.3. The number of carbonyl (C=O) groups excluding carboxylic acids is 3. The van der Waals surface area contributed by atoms with Crippen molar-refractivity contribution >= 4 is 57.6 Å². The molecule has 3 N–H and O–H groups in total. The number of thiazole rings is 1. The average Bonchev–Trinajstić information content (AvgIpc) is 4.20. The van der Waals surface area contributed by atoms with Crippen molar-refractivity contribution in [3.63, 3.8) is 0 Å². The Labute approximate surface area is 434 Å². The highest BCUT2D eigenvalue weighted by atomic mass is 35.5. The lowest BCUT2D eigenvalue weighted by atomic mass is 10.0. The molecule has 7 aromatic rings. The summed E-state index contributed by atoms with van der Waals surface area (Å²) in [5, 5.41) is 15.6. The van der Waals surface area contributed by atoms with Crippen LogP contribution in [0, 0.1) is 12.8 Å². The van der Waals surface area contributed by atoms with Crippen LogP contribution >= 0.6 is 22.9 Å². The zero-order valence-corrected chi connectivity index (χ0v) is 43.2. The monoisotopic (exact) mass is 1020 g/mol. The van der Waals surface area contributed by atoms with Gasteiger partial charge in [-0.15, -0.1) is 11.3 Å². The molecule has 0 spiro atoms. The quantitative estimate of drug-likeness (QED) is 0.0816. The van der Waals surface area contributed by atoms with Gasteiger partial charge in [0.1, 0.15) is 30.1 Å². The number of aromatic amines is 1. The summed E-state index contributed by atoms with van der Waals surface area (Å²) in [4.78, 5) is 70.3. The van der Waals surface area contributed by atoms with Gasteiger partial charge in [0, 0.05) is 112 Å². The maximum absolute atomic E-state index is 14.3. The molecule has 2 fully saturated rings. The number of anilines is 1. The second-order valence-corrected chi connectivity index (χ2v) is 21.0. The molecule has 0 unspecified atom stereocenters. The van der Waals surface area contributed by atoms with Gasteiger partial charge in [-0.25, -0.2) is 9.97 Å². The molecule has 0 saturated carbocycles. The highest BCUT2D eigenvalue weighted by molar-refractivity contribution is 7.13. The topological polar surface area (TPSA) is 163 Å². The van der Waals surface area contributed by atoms with Crippen molar-refractivity contribution in [2.24, 2.45) is 5.92 Å². The summed E-state index contributed by atoms with van der Waals surface area (Å²) in [6.07, 6.45) is 1.10. The molecule has 0 bridgehead atoms. The first kappa shape index (κ1) is 49.9. The summed E-state index contributed by atoms with van der Waals surface area (Å²) in [5.74, 6) is 0.182. The number of amides is 3. The van der Waals surface area contributed by atoms with Crippen LogP contribution in [-0.4, -0.2) is 133 Å². The Kier molecular flexibility index (Phi) is 14.9. The van der Waals surface area contributed by atoms with Gasteiger partial charge in [-0.2, -0.15) is 4.98 Å². The number of halogens is 1. The molecule has 3 atom stereocenters. The maximum Gasteiger partial charge on any atom is 0.255 e. The molecule has 3 aromatic heterocycles. The Bertz CT molecular complexity index is 3120. The molecular weight excluding hydrogens is 960 g/mol. The Balaban J connectivity index is 0.727. The summed E-state index contributed by atoms with van der Waals surface area (Å²) >= 11 is 7.98. The number of hydrogen-bond donors (Lipinski definition) is 3. The molecule has 73 heavy (non-hydrogen) atoms. The van der Waals surface area contributed by atoms with E-state index in [2.05, 4.69) is 60.4 Å². The van der Waals surface area contributed by atoms with E-state index in [4.69, 9.17) is 21.3 Å². The smallest absolute Gasteiger partial charge is 0.255 e. The summed E-state index contributed by atoms with van der Waals surface area (Å²) < 4.78 is 6.55. The number of aliphatic hydroxyl groups excluding tert-OH is 1. The molecule has 10 rings (SSSR count). The number of carbonyl (C=O) groups is 3. The summed E-state index contributed by atoms with van der Waals surface area (Å²) in [5.41, 5.74) is 11.1. The number of benzene rings is 4. The lowest BCUT2D eigenvalue weighted by Crippen LogP contribution is -2.55. The second-order valence-electron chi connectivity index (χ2n) is 19.7. The third-order valence-electron chi connectivity index (χ3n) is 14.3. The Morgan fingerprint density at radius 2 is 1.70 bits per heavy atom. The lowest BCUT2D eigenvalue weighted by molar-refractivity contribution is -0.143. The maximum atomic E-state index is 14.3. The van der Waals surface area contributed by atoms with E-state index < -0.39 is 18.2 Å². The van der Waals surface area contributed by atoms with Gasteiger partial charge in [0.25, 0.3) is 5.91 Å². The number of piperazine rings is 1. The molecule has 0 radical (unpaired) electrons. The van der Waals surface area contributed by atoms with Gasteiger partial charge in [-0.1, -0.05) is 98.2 Å². The van der Waals surface area contributed by atoms with E-state index in [0.717, 1.165) is 99.4 Å².